The van der Waals surface area contributed by atoms with Crippen LogP contribution in [-0.2, 0) is 0 Å². The molecule has 0 amide bonds. The lowest BCUT2D eigenvalue weighted by Gasteiger charge is -2.22. The molecule has 0 radical (unpaired) electrons. The van der Waals surface area contributed by atoms with E-state index in [-0.39, 0.29) is 6.54 Å². The van der Waals surface area contributed by atoms with Gasteiger partial charge in [0, 0.05) is 19.3 Å². The standard InChI is InChI=1S/C9H14F2N4/c1-7-13-4-2-9(14-7)15(5-3-12)6-8(10)11/h2,4,8H,3,5-6,12H2,1H3. The van der Waals surface area contributed by atoms with Crippen LogP contribution in [0.1, 0.15) is 5.82 Å². The molecule has 0 aliphatic rings. The normalized spacial score (nSPS) is 10.7. The first-order valence-corrected chi connectivity index (χ1v) is 4.66. The number of alkyl halides is 2. The van der Waals surface area contributed by atoms with Crippen molar-refractivity contribution >= 4 is 5.82 Å². The predicted molar refractivity (Wildman–Crippen MR) is 54.0 cm³/mol. The maximum atomic E-state index is 12.3. The van der Waals surface area contributed by atoms with Crippen molar-refractivity contribution in [2.24, 2.45) is 5.73 Å². The summed E-state index contributed by atoms with van der Waals surface area (Å²) in [5.74, 6) is 1.05. The lowest BCUT2D eigenvalue weighted by Crippen LogP contribution is -2.34. The molecule has 6 heteroatoms. The third-order valence-electron chi connectivity index (χ3n) is 1.84. The van der Waals surface area contributed by atoms with Crippen LogP contribution in [0.3, 0.4) is 0 Å². The minimum absolute atomic E-state index is 0.315. The van der Waals surface area contributed by atoms with Crippen molar-refractivity contribution in [3.8, 4) is 0 Å². The van der Waals surface area contributed by atoms with Crippen molar-refractivity contribution in [3.63, 3.8) is 0 Å². The van der Waals surface area contributed by atoms with Crippen LogP contribution in [0.15, 0.2) is 12.3 Å². The maximum absolute atomic E-state index is 12.3. The molecule has 0 fully saturated rings. The third-order valence-corrected chi connectivity index (χ3v) is 1.84. The minimum atomic E-state index is -2.40. The van der Waals surface area contributed by atoms with Crippen molar-refractivity contribution in [1.82, 2.24) is 9.97 Å². The van der Waals surface area contributed by atoms with E-state index < -0.39 is 6.43 Å². The van der Waals surface area contributed by atoms with E-state index in [4.69, 9.17) is 5.73 Å². The van der Waals surface area contributed by atoms with Gasteiger partial charge < -0.3 is 10.6 Å². The van der Waals surface area contributed by atoms with Gasteiger partial charge in [0.05, 0.1) is 6.54 Å². The Morgan fingerprint density at radius 1 is 1.53 bits per heavy atom. The van der Waals surface area contributed by atoms with E-state index in [1.807, 2.05) is 0 Å². The van der Waals surface area contributed by atoms with Gasteiger partial charge in [-0.1, -0.05) is 0 Å². The van der Waals surface area contributed by atoms with Crippen molar-refractivity contribution in [2.75, 3.05) is 24.5 Å². The largest absolute Gasteiger partial charge is 0.350 e. The summed E-state index contributed by atoms with van der Waals surface area (Å²) in [6.07, 6.45) is -0.848. The van der Waals surface area contributed by atoms with Crippen LogP contribution < -0.4 is 10.6 Å². The molecule has 0 saturated heterocycles. The molecule has 1 rings (SSSR count). The molecule has 0 aliphatic heterocycles. The fourth-order valence-corrected chi connectivity index (χ4v) is 1.24. The number of aryl methyl sites for hydroxylation is 1. The smallest absolute Gasteiger partial charge is 0.255 e. The molecular weight excluding hydrogens is 202 g/mol. The van der Waals surface area contributed by atoms with E-state index in [2.05, 4.69) is 9.97 Å². The zero-order chi connectivity index (χ0) is 11.3. The SMILES string of the molecule is Cc1nccc(N(CCN)CC(F)F)n1. The Labute approximate surface area is 87.1 Å². The number of anilines is 1. The average molecular weight is 216 g/mol. The van der Waals surface area contributed by atoms with Gasteiger partial charge in [-0.15, -0.1) is 0 Å². The molecule has 0 aliphatic carbocycles. The quantitative estimate of drug-likeness (QED) is 0.791. The Morgan fingerprint density at radius 3 is 2.80 bits per heavy atom. The van der Waals surface area contributed by atoms with Gasteiger partial charge in [0.1, 0.15) is 11.6 Å². The van der Waals surface area contributed by atoms with Crippen LogP contribution >= 0.6 is 0 Å². The molecule has 0 aromatic carbocycles. The van der Waals surface area contributed by atoms with E-state index in [9.17, 15) is 8.78 Å². The van der Waals surface area contributed by atoms with Gasteiger partial charge in [0.2, 0.25) is 0 Å². The molecule has 0 unspecified atom stereocenters. The number of nitrogens with zero attached hydrogens (tertiary/aromatic N) is 3. The zero-order valence-corrected chi connectivity index (χ0v) is 8.53. The zero-order valence-electron chi connectivity index (χ0n) is 8.53. The fraction of sp³-hybridized carbons (Fsp3) is 0.556. The van der Waals surface area contributed by atoms with Crippen molar-refractivity contribution in [3.05, 3.63) is 18.1 Å². The summed E-state index contributed by atoms with van der Waals surface area (Å²) in [5, 5.41) is 0. The third kappa shape index (κ3) is 3.75. The molecule has 0 bridgehead atoms. The highest BCUT2D eigenvalue weighted by atomic mass is 19.3. The number of rotatable bonds is 5. The second kappa shape index (κ2) is 5.55. The van der Waals surface area contributed by atoms with Gasteiger partial charge in [-0.2, -0.15) is 0 Å². The molecule has 0 atom stereocenters. The first-order valence-electron chi connectivity index (χ1n) is 4.66. The molecule has 0 saturated carbocycles. The van der Waals surface area contributed by atoms with Crippen LogP contribution in [0.2, 0.25) is 0 Å². The van der Waals surface area contributed by atoms with E-state index >= 15 is 0 Å². The van der Waals surface area contributed by atoms with Gasteiger partial charge in [-0.25, -0.2) is 18.7 Å². The Kier molecular flexibility index (Phi) is 4.36. The summed E-state index contributed by atoms with van der Waals surface area (Å²) in [6.45, 7) is 2.04. The Morgan fingerprint density at radius 2 is 2.27 bits per heavy atom. The molecule has 1 aromatic heterocycles. The number of aromatic nitrogens is 2. The summed E-state index contributed by atoms with van der Waals surface area (Å²) in [4.78, 5) is 9.43. The fourth-order valence-electron chi connectivity index (χ4n) is 1.24. The highest BCUT2D eigenvalue weighted by Gasteiger charge is 2.13. The summed E-state index contributed by atoms with van der Waals surface area (Å²) in [5.41, 5.74) is 5.35. The van der Waals surface area contributed by atoms with Crippen LogP contribution in [-0.4, -0.2) is 36.0 Å². The van der Waals surface area contributed by atoms with Crippen LogP contribution in [0, 0.1) is 6.92 Å². The maximum Gasteiger partial charge on any atom is 0.255 e. The van der Waals surface area contributed by atoms with E-state index in [1.54, 1.807) is 19.2 Å². The lowest BCUT2D eigenvalue weighted by molar-refractivity contribution is 0.154. The second-order valence-corrected chi connectivity index (χ2v) is 3.09. The van der Waals surface area contributed by atoms with E-state index in [0.29, 0.717) is 24.7 Å². The molecule has 1 heterocycles. The highest BCUT2D eigenvalue weighted by molar-refractivity contribution is 5.37. The first kappa shape index (κ1) is 11.8. The van der Waals surface area contributed by atoms with Crippen LogP contribution in [0.5, 0.6) is 0 Å². The summed E-state index contributed by atoms with van der Waals surface area (Å²) in [6, 6.07) is 1.60. The first-order chi connectivity index (χ1) is 7.13. The van der Waals surface area contributed by atoms with Crippen molar-refractivity contribution in [1.29, 1.82) is 0 Å². The molecule has 15 heavy (non-hydrogen) atoms. The van der Waals surface area contributed by atoms with E-state index in [1.165, 1.54) is 4.90 Å². The molecule has 4 nitrogen and oxygen atoms in total. The van der Waals surface area contributed by atoms with E-state index in [0.717, 1.165) is 0 Å². The number of halogens is 2. The van der Waals surface area contributed by atoms with Gasteiger partial charge in [0.15, 0.2) is 0 Å². The van der Waals surface area contributed by atoms with Gasteiger partial charge in [0.25, 0.3) is 6.43 Å². The monoisotopic (exact) mass is 216 g/mol. The minimum Gasteiger partial charge on any atom is -0.350 e. The number of hydrogen-bond donors (Lipinski definition) is 1. The topological polar surface area (TPSA) is 55.0 Å². The lowest BCUT2D eigenvalue weighted by atomic mass is 10.4. The molecule has 0 spiro atoms. The van der Waals surface area contributed by atoms with Gasteiger partial charge in [-0.3, -0.25) is 0 Å². The second-order valence-electron chi connectivity index (χ2n) is 3.09. The van der Waals surface area contributed by atoms with Gasteiger partial charge in [-0.05, 0) is 13.0 Å². The summed E-state index contributed by atoms with van der Waals surface area (Å²) >= 11 is 0. The average Bonchev–Trinajstić information content (AvgIpc) is 2.16. The summed E-state index contributed by atoms with van der Waals surface area (Å²) in [7, 11) is 0. The molecule has 2 N–H and O–H groups in total. The van der Waals surface area contributed by atoms with Crippen LogP contribution in [0.4, 0.5) is 14.6 Å². The van der Waals surface area contributed by atoms with Crippen LogP contribution in [0.25, 0.3) is 0 Å². The van der Waals surface area contributed by atoms with Crippen molar-refractivity contribution in [2.45, 2.75) is 13.3 Å². The predicted octanol–water partition coefficient (Wildman–Crippen LogP) is 0.815. The molecular formula is C9H14F2N4. The summed E-state index contributed by atoms with van der Waals surface area (Å²) < 4.78 is 24.5. The number of hydrogen-bond acceptors (Lipinski definition) is 4. The molecule has 1 aromatic rings. The highest BCUT2D eigenvalue weighted by Crippen LogP contribution is 2.11. The van der Waals surface area contributed by atoms with Crippen molar-refractivity contribution < 1.29 is 8.78 Å². The van der Waals surface area contributed by atoms with Gasteiger partial charge >= 0.3 is 0 Å². The Balaban J connectivity index is 2.78. The number of nitrogens with two attached hydrogens (primary N) is 1. The Hall–Kier alpha value is -1.30. The molecule has 84 valence electrons. The Bertz CT molecular complexity index is 306.